The van der Waals surface area contributed by atoms with Gasteiger partial charge in [-0.25, -0.2) is 9.97 Å². The highest BCUT2D eigenvalue weighted by Crippen LogP contribution is 2.35. The summed E-state index contributed by atoms with van der Waals surface area (Å²) >= 11 is 0. The van der Waals surface area contributed by atoms with E-state index in [-0.39, 0.29) is 6.10 Å². The van der Waals surface area contributed by atoms with Gasteiger partial charge in [-0.3, -0.25) is 0 Å². The van der Waals surface area contributed by atoms with Crippen molar-refractivity contribution >= 4 is 0 Å². The van der Waals surface area contributed by atoms with E-state index in [4.69, 9.17) is 4.74 Å². The maximum absolute atomic E-state index is 5.22. The smallest absolute Gasteiger partial charge is 0.159 e. The molecule has 2 heterocycles. The van der Waals surface area contributed by atoms with Gasteiger partial charge in [0.25, 0.3) is 0 Å². The van der Waals surface area contributed by atoms with Gasteiger partial charge in [0.05, 0.1) is 6.10 Å². The van der Waals surface area contributed by atoms with Gasteiger partial charge >= 0.3 is 0 Å². The first-order valence-electron chi connectivity index (χ1n) is 3.71. The predicted molar refractivity (Wildman–Crippen MR) is 40.1 cm³/mol. The van der Waals surface area contributed by atoms with Crippen LogP contribution in [0.2, 0.25) is 0 Å². The third-order valence-corrected chi connectivity index (χ3v) is 1.77. The van der Waals surface area contributed by atoms with Crippen molar-refractivity contribution in [1.29, 1.82) is 0 Å². The van der Waals surface area contributed by atoms with Crippen molar-refractivity contribution in [3.8, 4) is 0 Å². The summed E-state index contributed by atoms with van der Waals surface area (Å²) in [5, 5.41) is 0. The zero-order valence-electron chi connectivity index (χ0n) is 6.61. The molecule has 11 heavy (non-hydrogen) atoms. The van der Waals surface area contributed by atoms with E-state index in [1.54, 1.807) is 0 Å². The maximum atomic E-state index is 5.22. The minimum Gasteiger partial charge on any atom is -0.361 e. The number of hydrogen-bond acceptors (Lipinski definition) is 3. The molecule has 0 N–H and O–H groups in total. The molecule has 3 heteroatoms. The van der Waals surface area contributed by atoms with Gasteiger partial charge in [-0.1, -0.05) is 0 Å². The fourth-order valence-corrected chi connectivity index (χ4v) is 1.01. The van der Waals surface area contributed by atoms with Crippen LogP contribution in [0.25, 0.3) is 0 Å². The molecular weight excluding hydrogens is 140 g/mol. The first-order chi connectivity index (χ1) is 5.27. The van der Waals surface area contributed by atoms with E-state index in [1.807, 2.05) is 26.2 Å². The highest BCUT2D eigenvalue weighted by molar-refractivity contribution is 5.07. The molecule has 0 radical (unpaired) electrons. The van der Waals surface area contributed by atoms with Crippen molar-refractivity contribution in [2.45, 2.75) is 26.1 Å². The summed E-state index contributed by atoms with van der Waals surface area (Å²) < 4.78 is 5.22. The largest absolute Gasteiger partial charge is 0.361 e. The van der Waals surface area contributed by atoms with Crippen LogP contribution in [-0.2, 0) is 4.74 Å². The molecule has 0 unspecified atom stereocenters. The van der Waals surface area contributed by atoms with Crippen LogP contribution in [-0.4, -0.2) is 16.1 Å². The lowest BCUT2D eigenvalue weighted by Crippen LogP contribution is -1.93. The van der Waals surface area contributed by atoms with E-state index >= 15 is 0 Å². The van der Waals surface area contributed by atoms with E-state index in [0.717, 1.165) is 11.4 Å². The number of epoxide rings is 1. The van der Waals surface area contributed by atoms with Gasteiger partial charge in [0.2, 0.25) is 0 Å². The lowest BCUT2D eigenvalue weighted by Gasteiger charge is -1.93. The van der Waals surface area contributed by atoms with Crippen molar-refractivity contribution in [1.82, 2.24) is 9.97 Å². The summed E-state index contributed by atoms with van der Waals surface area (Å²) in [6.45, 7) is 3.99. The second-order valence-corrected chi connectivity index (χ2v) is 2.88. The Hall–Kier alpha value is -0.960. The minimum absolute atomic E-state index is 0.149. The molecule has 1 aromatic heterocycles. The molecule has 1 aliphatic rings. The standard InChI is InChI=1S/C8H10N2O/c1-5-3-9-8(10-4-5)7-6(2)11-7/h3-4,6-7H,1-2H3/t6-,7-/m1/s1. The molecule has 58 valence electrons. The number of nitrogens with zero attached hydrogens (tertiary/aromatic N) is 2. The number of ether oxygens (including phenoxy) is 1. The number of hydrogen-bond donors (Lipinski definition) is 0. The molecule has 3 nitrogen and oxygen atoms in total. The first-order valence-corrected chi connectivity index (χ1v) is 3.71. The Labute approximate surface area is 65.4 Å². The predicted octanol–water partition coefficient (Wildman–Crippen LogP) is 1.24. The molecule has 0 aliphatic carbocycles. The molecule has 0 spiro atoms. The van der Waals surface area contributed by atoms with E-state index in [2.05, 4.69) is 9.97 Å². The summed E-state index contributed by atoms with van der Waals surface area (Å²) in [6, 6.07) is 0. The van der Waals surface area contributed by atoms with Gasteiger partial charge in [0.15, 0.2) is 5.82 Å². The van der Waals surface area contributed by atoms with Crippen LogP contribution >= 0.6 is 0 Å². The summed E-state index contributed by atoms with van der Waals surface area (Å²) in [6.07, 6.45) is 4.08. The lowest BCUT2D eigenvalue weighted by atomic mass is 10.3. The molecule has 1 aromatic rings. The molecule has 1 saturated heterocycles. The topological polar surface area (TPSA) is 38.3 Å². The highest BCUT2D eigenvalue weighted by atomic mass is 16.6. The average Bonchev–Trinajstić information content (AvgIpc) is 2.69. The highest BCUT2D eigenvalue weighted by Gasteiger charge is 2.38. The zero-order chi connectivity index (χ0) is 7.84. The van der Waals surface area contributed by atoms with Crippen LogP contribution in [0.15, 0.2) is 12.4 Å². The Morgan fingerprint density at radius 3 is 2.36 bits per heavy atom. The van der Waals surface area contributed by atoms with Crippen molar-refractivity contribution in [3.05, 3.63) is 23.8 Å². The maximum Gasteiger partial charge on any atom is 0.159 e. The van der Waals surface area contributed by atoms with Gasteiger partial charge in [-0.2, -0.15) is 0 Å². The van der Waals surface area contributed by atoms with Gasteiger partial charge in [0.1, 0.15) is 6.10 Å². The van der Waals surface area contributed by atoms with Gasteiger partial charge in [-0.05, 0) is 19.4 Å². The third kappa shape index (κ3) is 1.24. The Bertz CT molecular complexity index is 257. The van der Waals surface area contributed by atoms with Crippen LogP contribution in [0.5, 0.6) is 0 Å². The van der Waals surface area contributed by atoms with Gasteiger partial charge in [0, 0.05) is 12.4 Å². The summed E-state index contributed by atoms with van der Waals surface area (Å²) in [5.74, 6) is 0.808. The molecule has 1 fully saturated rings. The van der Waals surface area contributed by atoms with Crippen molar-refractivity contribution in [2.24, 2.45) is 0 Å². The van der Waals surface area contributed by atoms with E-state index in [1.165, 1.54) is 0 Å². The fourth-order valence-electron chi connectivity index (χ4n) is 1.01. The van der Waals surface area contributed by atoms with Gasteiger partial charge in [-0.15, -0.1) is 0 Å². The first kappa shape index (κ1) is 6.73. The van der Waals surface area contributed by atoms with Crippen LogP contribution < -0.4 is 0 Å². The molecule has 2 atom stereocenters. The van der Waals surface area contributed by atoms with Crippen LogP contribution in [0.1, 0.15) is 24.4 Å². The summed E-state index contributed by atoms with van der Waals surface area (Å²) in [4.78, 5) is 8.31. The second kappa shape index (κ2) is 2.27. The molecular formula is C8H10N2O. The van der Waals surface area contributed by atoms with E-state index in [0.29, 0.717) is 6.10 Å². The molecule has 0 aromatic carbocycles. The van der Waals surface area contributed by atoms with Crippen molar-refractivity contribution in [3.63, 3.8) is 0 Å². The van der Waals surface area contributed by atoms with E-state index in [9.17, 15) is 0 Å². The lowest BCUT2D eigenvalue weighted by molar-refractivity contribution is 0.376. The van der Waals surface area contributed by atoms with Crippen LogP contribution in [0.3, 0.4) is 0 Å². The molecule has 1 aliphatic heterocycles. The molecule has 0 bridgehead atoms. The van der Waals surface area contributed by atoms with Crippen molar-refractivity contribution in [2.75, 3.05) is 0 Å². The fraction of sp³-hybridized carbons (Fsp3) is 0.500. The Balaban J connectivity index is 2.21. The normalized spacial score (nSPS) is 28.5. The van der Waals surface area contributed by atoms with Crippen LogP contribution in [0, 0.1) is 6.92 Å². The quantitative estimate of drug-likeness (QED) is 0.565. The second-order valence-electron chi connectivity index (χ2n) is 2.88. The average molecular weight is 150 g/mol. The zero-order valence-corrected chi connectivity index (χ0v) is 6.61. The van der Waals surface area contributed by atoms with Crippen molar-refractivity contribution < 1.29 is 4.74 Å². The summed E-state index contributed by atoms with van der Waals surface area (Å²) in [5.41, 5.74) is 1.09. The molecule has 0 saturated carbocycles. The Kier molecular flexibility index (Phi) is 1.39. The SMILES string of the molecule is Cc1cnc([C@@H]2O[C@@H]2C)nc1. The number of aromatic nitrogens is 2. The van der Waals surface area contributed by atoms with Crippen LogP contribution in [0.4, 0.5) is 0 Å². The minimum atomic E-state index is 0.149. The van der Waals surface area contributed by atoms with E-state index < -0.39 is 0 Å². The molecule has 2 rings (SSSR count). The third-order valence-electron chi connectivity index (χ3n) is 1.77. The number of aryl methyl sites for hydroxylation is 1. The Morgan fingerprint density at radius 1 is 1.36 bits per heavy atom. The molecule has 0 amide bonds. The monoisotopic (exact) mass is 150 g/mol. The Morgan fingerprint density at radius 2 is 1.91 bits per heavy atom. The summed E-state index contributed by atoms with van der Waals surface area (Å²) in [7, 11) is 0. The number of rotatable bonds is 1. The van der Waals surface area contributed by atoms with Gasteiger partial charge < -0.3 is 4.74 Å².